The standard InChI is InChI=1S/C24H19ClN8O/c1-14-9-11-33(32-14)23-20(16-12-15-6-5-10-27-19(15)18(25)13-16)29-22(21(26)30-23)31-24(34)28-17-7-3-2-4-8-17/h2-13H,1H3,(H2,26,30)(H2,28,29,31,34). The van der Waals surface area contributed by atoms with Crippen molar-refractivity contribution >= 4 is 45.9 Å². The van der Waals surface area contributed by atoms with Crippen LogP contribution in [0, 0.1) is 6.92 Å². The molecule has 0 aliphatic rings. The van der Waals surface area contributed by atoms with Gasteiger partial charge in [-0.15, -0.1) is 0 Å². The van der Waals surface area contributed by atoms with Gasteiger partial charge in [-0.25, -0.2) is 19.4 Å². The van der Waals surface area contributed by atoms with E-state index in [1.165, 1.54) is 0 Å². The summed E-state index contributed by atoms with van der Waals surface area (Å²) in [6, 6.07) is 17.8. The van der Waals surface area contributed by atoms with E-state index >= 15 is 0 Å². The molecular formula is C24H19ClN8O. The number of benzene rings is 2. The summed E-state index contributed by atoms with van der Waals surface area (Å²) >= 11 is 6.52. The van der Waals surface area contributed by atoms with Crippen LogP contribution >= 0.6 is 11.6 Å². The largest absolute Gasteiger partial charge is 0.381 e. The van der Waals surface area contributed by atoms with Crippen LogP contribution in [0.5, 0.6) is 0 Å². The molecule has 2 aromatic carbocycles. The second-order valence-electron chi connectivity index (χ2n) is 7.51. The molecule has 0 unspecified atom stereocenters. The van der Waals surface area contributed by atoms with Crippen LogP contribution in [-0.2, 0) is 0 Å². The maximum absolute atomic E-state index is 12.6. The van der Waals surface area contributed by atoms with Gasteiger partial charge >= 0.3 is 6.03 Å². The normalized spacial score (nSPS) is 10.9. The number of hydrogen-bond donors (Lipinski definition) is 3. The molecule has 0 saturated carbocycles. The monoisotopic (exact) mass is 470 g/mol. The third-order valence-corrected chi connectivity index (χ3v) is 5.33. The number of aromatic nitrogens is 5. The molecule has 4 N–H and O–H groups in total. The Hall–Kier alpha value is -4.50. The minimum atomic E-state index is -0.499. The molecule has 0 spiro atoms. The molecule has 10 heteroatoms. The van der Waals surface area contributed by atoms with Gasteiger partial charge in [-0.1, -0.05) is 35.9 Å². The summed E-state index contributed by atoms with van der Waals surface area (Å²) in [5, 5.41) is 11.2. The average Bonchev–Trinajstić information content (AvgIpc) is 3.27. The number of aryl methyl sites for hydroxylation is 1. The number of carbonyl (C=O) groups excluding carboxylic acids is 1. The van der Waals surface area contributed by atoms with Gasteiger partial charge in [0, 0.05) is 29.0 Å². The number of nitrogens with one attached hydrogen (secondary N) is 2. The van der Waals surface area contributed by atoms with Gasteiger partial charge in [0.1, 0.15) is 5.69 Å². The summed E-state index contributed by atoms with van der Waals surface area (Å²) in [7, 11) is 0. The Balaban J connectivity index is 1.60. The Morgan fingerprint density at radius 1 is 1.03 bits per heavy atom. The molecule has 0 bridgehead atoms. The van der Waals surface area contributed by atoms with Crippen LogP contribution < -0.4 is 16.4 Å². The minimum absolute atomic E-state index is 0.0451. The second-order valence-corrected chi connectivity index (χ2v) is 7.92. The molecule has 34 heavy (non-hydrogen) atoms. The summed E-state index contributed by atoms with van der Waals surface area (Å²) in [6.07, 6.45) is 3.45. The van der Waals surface area contributed by atoms with Crippen molar-refractivity contribution in [3.63, 3.8) is 0 Å². The molecule has 0 fully saturated rings. The zero-order chi connectivity index (χ0) is 23.7. The number of para-hydroxylation sites is 1. The van der Waals surface area contributed by atoms with Gasteiger partial charge in [0.2, 0.25) is 0 Å². The smallest absolute Gasteiger partial charge is 0.324 e. The predicted molar refractivity (Wildman–Crippen MR) is 133 cm³/mol. The Bertz CT molecular complexity index is 1520. The maximum atomic E-state index is 12.6. The van der Waals surface area contributed by atoms with Gasteiger partial charge in [0.05, 0.1) is 16.2 Å². The fourth-order valence-corrected chi connectivity index (χ4v) is 3.77. The third-order valence-electron chi connectivity index (χ3n) is 5.04. The number of carbonyl (C=O) groups is 1. The van der Waals surface area contributed by atoms with Crippen molar-refractivity contribution < 1.29 is 4.79 Å². The predicted octanol–water partition coefficient (Wildman–Crippen LogP) is 5.07. The van der Waals surface area contributed by atoms with Crippen molar-refractivity contribution in [2.45, 2.75) is 6.92 Å². The number of fused-ring (bicyclic) bond motifs is 1. The van der Waals surface area contributed by atoms with Gasteiger partial charge in [0.15, 0.2) is 17.5 Å². The average molecular weight is 471 g/mol. The molecule has 3 aromatic heterocycles. The Morgan fingerprint density at radius 2 is 1.85 bits per heavy atom. The number of nitrogen functional groups attached to an aromatic ring is 1. The number of amides is 2. The molecular weight excluding hydrogens is 452 g/mol. The number of hydrogen-bond acceptors (Lipinski definition) is 6. The van der Waals surface area contributed by atoms with Crippen LogP contribution in [0.2, 0.25) is 5.02 Å². The molecule has 5 aromatic rings. The lowest BCUT2D eigenvalue weighted by molar-refractivity contribution is 0.262. The van der Waals surface area contributed by atoms with Crippen molar-refractivity contribution in [2.75, 3.05) is 16.4 Å². The lowest BCUT2D eigenvalue weighted by Crippen LogP contribution is -2.22. The number of pyridine rings is 1. The molecule has 0 aliphatic carbocycles. The number of halogens is 1. The first-order valence-electron chi connectivity index (χ1n) is 10.4. The number of anilines is 3. The number of nitrogens with zero attached hydrogens (tertiary/aromatic N) is 5. The van der Waals surface area contributed by atoms with E-state index in [9.17, 15) is 4.79 Å². The molecule has 0 radical (unpaired) electrons. The van der Waals surface area contributed by atoms with E-state index in [0.717, 1.165) is 11.1 Å². The second kappa shape index (κ2) is 8.80. The van der Waals surface area contributed by atoms with E-state index in [4.69, 9.17) is 17.3 Å². The van der Waals surface area contributed by atoms with E-state index in [0.29, 0.717) is 33.3 Å². The molecule has 0 aliphatic heterocycles. The fraction of sp³-hybridized carbons (Fsp3) is 0.0417. The molecule has 5 rings (SSSR count). The van der Waals surface area contributed by atoms with Crippen LogP contribution in [0.1, 0.15) is 5.69 Å². The Morgan fingerprint density at radius 3 is 2.62 bits per heavy atom. The quantitative estimate of drug-likeness (QED) is 0.337. The summed E-state index contributed by atoms with van der Waals surface area (Å²) in [4.78, 5) is 26.1. The van der Waals surface area contributed by atoms with Crippen LogP contribution in [0.3, 0.4) is 0 Å². The van der Waals surface area contributed by atoms with E-state index < -0.39 is 6.03 Å². The lowest BCUT2D eigenvalue weighted by Gasteiger charge is -2.14. The summed E-state index contributed by atoms with van der Waals surface area (Å²) in [6.45, 7) is 1.87. The van der Waals surface area contributed by atoms with Gasteiger partial charge in [-0.05, 0) is 43.3 Å². The maximum Gasteiger partial charge on any atom is 0.324 e. The highest BCUT2D eigenvalue weighted by Gasteiger charge is 2.19. The summed E-state index contributed by atoms with van der Waals surface area (Å²) < 4.78 is 1.59. The van der Waals surface area contributed by atoms with Gasteiger partial charge in [-0.2, -0.15) is 5.10 Å². The van der Waals surface area contributed by atoms with Crippen molar-refractivity contribution in [3.8, 4) is 17.1 Å². The molecule has 2 amide bonds. The highest BCUT2D eigenvalue weighted by Crippen LogP contribution is 2.33. The molecule has 0 atom stereocenters. The highest BCUT2D eigenvalue weighted by atomic mass is 35.5. The number of urea groups is 1. The number of rotatable bonds is 4. The first-order valence-corrected chi connectivity index (χ1v) is 10.7. The van der Waals surface area contributed by atoms with Crippen LogP contribution in [0.15, 0.2) is 73.1 Å². The number of nitrogens with two attached hydrogens (primary N) is 1. The zero-order valence-corrected chi connectivity index (χ0v) is 18.8. The van der Waals surface area contributed by atoms with E-state index in [1.54, 1.807) is 35.3 Å². The minimum Gasteiger partial charge on any atom is -0.381 e. The van der Waals surface area contributed by atoms with Gasteiger partial charge < -0.3 is 11.1 Å². The molecule has 0 saturated heterocycles. The molecule has 168 valence electrons. The topological polar surface area (TPSA) is 124 Å². The third kappa shape index (κ3) is 4.24. The zero-order valence-electron chi connectivity index (χ0n) is 18.0. The van der Waals surface area contributed by atoms with E-state index in [1.807, 2.05) is 49.4 Å². The SMILES string of the molecule is Cc1ccn(-c2nc(N)c(NC(=O)Nc3ccccc3)nc2-c2cc(Cl)c3ncccc3c2)n1. The van der Waals surface area contributed by atoms with E-state index in [-0.39, 0.29) is 11.6 Å². The fourth-order valence-electron chi connectivity index (χ4n) is 3.49. The van der Waals surface area contributed by atoms with Crippen molar-refractivity contribution in [1.29, 1.82) is 0 Å². The van der Waals surface area contributed by atoms with Crippen molar-refractivity contribution in [3.05, 3.63) is 83.8 Å². The van der Waals surface area contributed by atoms with Gasteiger partial charge in [0.25, 0.3) is 0 Å². The Labute approximate surface area is 199 Å². The van der Waals surface area contributed by atoms with Crippen LogP contribution in [0.4, 0.5) is 22.1 Å². The van der Waals surface area contributed by atoms with Gasteiger partial charge in [-0.3, -0.25) is 10.3 Å². The lowest BCUT2D eigenvalue weighted by atomic mass is 10.1. The van der Waals surface area contributed by atoms with Crippen LogP contribution in [0.25, 0.3) is 28.0 Å². The highest BCUT2D eigenvalue weighted by molar-refractivity contribution is 6.35. The van der Waals surface area contributed by atoms with E-state index in [2.05, 4.69) is 30.7 Å². The van der Waals surface area contributed by atoms with Crippen molar-refractivity contribution in [2.24, 2.45) is 0 Å². The molecule has 3 heterocycles. The summed E-state index contributed by atoms with van der Waals surface area (Å²) in [5.41, 5.74) is 9.41. The first kappa shape index (κ1) is 21.4. The summed E-state index contributed by atoms with van der Waals surface area (Å²) in [5.74, 6) is 0.557. The molecule has 9 nitrogen and oxygen atoms in total. The van der Waals surface area contributed by atoms with Crippen LogP contribution in [-0.4, -0.2) is 30.8 Å². The Kier molecular flexibility index (Phi) is 5.52. The first-order chi connectivity index (χ1) is 16.5. The van der Waals surface area contributed by atoms with Crippen molar-refractivity contribution in [1.82, 2.24) is 24.7 Å².